The molecule has 0 aliphatic carbocycles. The average Bonchev–Trinajstić information content (AvgIpc) is 2.93. The summed E-state index contributed by atoms with van der Waals surface area (Å²) in [5, 5.41) is 11.4. The Balaban J connectivity index is 2.11. The van der Waals surface area contributed by atoms with Crippen molar-refractivity contribution in [1.29, 1.82) is 0 Å². The van der Waals surface area contributed by atoms with Crippen molar-refractivity contribution in [3.63, 3.8) is 0 Å². The van der Waals surface area contributed by atoms with Crippen LogP contribution >= 0.6 is 23.1 Å². The quantitative estimate of drug-likeness (QED) is 0.940. The molecule has 0 saturated heterocycles. The summed E-state index contributed by atoms with van der Waals surface area (Å²) in [6.45, 7) is 6.25. The van der Waals surface area contributed by atoms with Crippen LogP contribution in [-0.2, 0) is 13.6 Å². The van der Waals surface area contributed by atoms with Gasteiger partial charge in [0, 0.05) is 7.05 Å². The van der Waals surface area contributed by atoms with Crippen LogP contribution < -0.4 is 5.32 Å². The molecule has 0 aliphatic rings. The van der Waals surface area contributed by atoms with Crippen LogP contribution in [0.15, 0.2) is 0 Å². The number of hydrogen-bond donors (Lipinski definition) is 1. The molecule has 108 valence electrons. The van der Waals surface area contributed by atoms with Crippen molar-refractivity contribution < 1.29 is 4.79 Å². The molecule has 2 heterocycles. The molecule has 8 heteroatoms. The van der Waals surface area contributed by atoms with Crippen molar-refractivity contribution in [2.75, 3.05) is 0 Å². The lowest BCUT2D eigenvalue weighted by atomic mass is 10.1. The molecular weight excluding hydrogens is 298 g/mol. The summed E-state index contributed by atoms with van der Waals surface area (Å²) >= 11 is 7.38. The number of aryl methyl sites for hydroxylation is 2. The van der Waals surface area contributed by atoms with Gasteiger partial charge in [-0.15, -0.1) is 5.10 Å². The largest absolute Gasteiger partial charge is 0.346 e. The SMILES string of the molecule is Cc1nn(C)c(C(=O)NCc2snnc2C(C)C)c1Cl. The first kappa shape index (κ1) is 14.9. The van der Waals surface area contributed by atoms with Crippen LogP contribution in [0.3, 0.4) is 0 Å². The maximum atomic E-state index is 12.2. The predicted octanol–water partition coefficient (Wildman–Crippen LogP) is 2.29. The molecular formula is C12H16ClN5OS. The number of rotatable bonds is 4. The number of halogens is 1. The van der Waals surface area contributed by atoms with Gasteiger partial charge in [0.1, 0.15) is 5.69 Å². The molecule has 0 radical (unpaired) electrons. The van der Waals surface area contributed by atoms with Crippen LogP contribution in [0.25, 0.3) is 0 Å². The summed E-state index contributed by atoms with van der Waals surface area (Å²) in [6.07, 6.45) is 0. The van der Waals surface area contributed by atoms with E-state index in [0.717, 1.165) is 10.6 Å². The van der Waals surface area contributed by atoms with Crippen LogP contribution in [0.1, 0.15) is 46.5 Å². The zero-order chi connectivity index (χ0) is 14.9. The Morgan fingerprint density at radius 3 is 2.75 bits per heavy atom. The number of amides is 1. The third-order valence-corrected chi connectivity index (χ3v) is 4.10. The maximum Gasteiger partial charge on any atom is 0.271 e. The van der Waals surface area contributed by atoms with Crippen molar-refractivity contribution in [1.82, 2.24) is 24.7 Å². The second-order valence-corrected chi connectivity index (χ2v) is 6.01. The monoisotopic (exact) mass is 313 g/mol. The summed E-state index contributed by atoms with van der Waals surface area (Å²) in [5.74, 6) is 0.0318. The van der Waals surface area contributed by atoms with E-state index < -0.39 is 0 Å². The van der Waals surface area contributed by atoms with E-state index in [9.17, 15) is 4.79 Å². The lowest BCUT2D eigenvalue weighted by molar-refractivity contribution is 0.0942. The van der Waals surface area contributed by atoms with Crippen molar-refractivity contribution in [3.8, 4) is 0 Å². The number of carbonyl (C=O) groups excluding carboxylic acids is 1. The van der Waals surface area contributed by atoms with Gasteiger partial charge in [0.25, 0.3) is 5.91 Å². The Hall–Kier alpha value is -1.47. The van der Waals surface area contributed by atoms with Gasteiger partial charge in [0.15, 0.2) is 0 Å². The molecule has 1 amide bonds. The number of carbonyl (C=O) groups is 1. The van der Waals surface area contributed by atoms with E-state index in [1.165, 1.54) is 16.2 Å². The minimum Gasteiger partial charge on any atom is -0.346 e. The van der Waals surface area contributed by atoms with E-state index in [4.69, 9.17) is 11.6 Å². The molecule has 0 spiro atoms. The molecule has 0 fully saturated rings. The molecule has 2 rings (SSSR count). The normalized spacial score (nSPS) is 11.1. The van der Waals surface area contributed by atoms with Crippen LogP contribution in [0.4, 0.5) is 0 Å². The van der Waals surface area contributed by atoms with Crippen LogP contribution in [0.5, 0.6) is 0 Å². The van der Waals surface area contributed by atoms with Gasteiger partial charge in [-0.05, 0) is 24.4 Å². The van der Waals surface area contributed by atoms with E-state index in [1.807, 2.05) is 13.8 Å². The first-order valence-electron chi connectivity index (χ1n) is 6.20. The van der Waals surface area contributed by atoms with Gasteiger partial charge in [-0.2, -0.15) is 5.10 Å². The zero-order valence-electron chi connectivity index (χ0n) is 11.8. The second-order valence-electron chi connectivity index (χ2n) is 4.79. The molecule has 2 aromatic rings. The molecule has 6 nitrogen and oxygen atoms in total. The topological polar surface area (TPSA) is 72.7 Å². The number of hydrogen-bond acceptors (Lipinski definition) is 5. The molecule has 1 N–H and O–H groups in total. The molecule has 2 aromatic heterocycles. The summed E-state index contributed by atoms with van der Waals surface area (Å²) < 4.78 is 5.42. The van der Waals surface area contributed by atoms with Crippen molar-refractivity contribution in [2.24, 2.45) is 7.05 Å². The summed E-state index contributed by atoms with van der Waals surface area (Å²) in [4.78, 5) is 13.1. The standard InChI is InChI=1S/C12H16ClN5OS/c1-6(2)10-8(20-17-15-10)5-14-12(19)11-9(13)7(3)16-18(11)4/h6H,5H2,1-4H3,(H,14,19). The Morgan fingerprint density at radius 2 is 2.20 bits per heavy atom. The van der Waals surface area contributed by atoms with Crippen molar-refractivity contribution in [2.45, 2.75) is 33.2 Å². The van der Waals surface area contributed by atoms with Crippen LogP contribution in [0.2, 0.25) is 5.02 Å². The molecule has 0 bridgehead atoms. The number of nitrogens with one attached hydrogen (secondary N) is 1. The lowest BCUT2D eigenvalue weighted by Crippen LogP contribution is -2.25. The third-order valence-electron chi connectivity index (χ3n) is 2.91. The van der Waals surface area contributed by atoms with Gasteiger partial charge >= 0.3 is 0 Å². The second kappa shape index (κ2) is 5.88. The fourth-order valence-corrected chi connectivity index (χ4v) is 2.88. The smallest absolute Gasteiger partial charge is 0.271 e. The summed E-state index contributed by atoms with van der Waals surface area (Å²) in [7, 11) is 1.70. The first-order valence-corrected chi connectivity index (χ1v) is 7.35. The van der Waals surface area contributed by atoms with E-state index in [1.54, 1.807) is 14.0 Å². The van der Waals surface area contributed by atoms with E-state index in [-0.39, 0.29) is 11.8 Å². The molecule has 0 atom stereocenters. The Morgan fingerprint density at radius 1 is 1.50 bits per heavy atom. The minimum absolute atomic E-state index is 0.249. The van der Waals surface area contributed by atoms with E-state index in [0.29, 0.717) is 23.0 Å². The molecule has 0 aliphatic heterocycles. The zero-order valence-corrected chi connectivity index (χ0v) is 13.3. The van der Waals surface area contributed by atoms with E-state index >= 15 is 0 Å². The highest BCUT2D eigenvalue weighted by molar-refractivity contribution is 7.05. The fourth-order valence-electron chi connectivity index (χ4n) is 1.90. The Bertz CT molecular complexity index is 634. The number of aromatic nitrogens is 4. The molecule has 0 aromatic carbocycles. The van der Waals surface area contributed by atoms with Crippen molar-refractivity contribution in [3.05, 3.63) is 27.0 Å². The highest BCUT2D eigenvalue weighted by Crippen LogP contribution is 2.21. The number of nitrogens with zero attached hydrogens (tertiary/aromatic N) is 4. The predicted molar refractivity (Wildman–Crippen MR) is 78.1 cm³/mol. The van der Waals surface area contributed by atoms with Gasteiger partial charge in [-0.3, -0.25) is 9.48 Å². The Kier molecular flexibility index (Phi) is 4.39. The van der Waals surface area contributed by atoms with E-state index in [2.05, 4.69) is 20.0 Å². The maximum absolute atomic E-state index is 12.2. The fraction of sp³-hybridized carbons (Fsp3) is 0.500. The van der Waals surface area contributed by atoms with Gasteiger partial charge in [-0.25, -0.2) is 0 Å². The van der Waals surface area contributed by atoms with Crippen LogP contribution in [0, 0.1) is 6.92 Å². The lowest BCUT2D eigenvalue weighted by Gasteiger charge is -2.07. The van der Waals surface area contributed by atoms with Crippen molar-refractivity contribution >= 4 is 29.0 Å². The summed E-state index contributed by atoms with van der Waals surface area (Å²) in [5.41, 5.74) is 1.93. The van der Waals surface area contributed by atoms with Gasteiger partial charge < -0.3 is 5.32 Å². The summed E-state index contributed by atoms with van der Waals surface area (Å²) in [6, 6.07) is 0. The van der Waals surface area contributed by atoms with Gasteiger partial charge in [0.05, 0.1) is 27.8 Å². The third kappa shape index (κ3) is 2.83. The Labute approximate surface area is 126 Å². The minimum atomic E-state index is -0.249. The molecule has 20 heavy (non-hydrogen) atoms. The van der Waals surface area contributed by atoms with Gasteiger partial charge in [-0.1, -0.05) is 29.9 Å². The highest BCUT2D eigenvalue weighted by atomic mass is 35.5. The molecule has 0 saturated carbocycles. The first-order chi connectivity index (χ1) is 9.41. The molecule has 0 unspecified atom stereocenters. The van der Waals surface area contributed by atoms with Gasteiger partial charge in [0.2, 0.25) is 0 Å². The average molecular weight is 314 g/mol. The highest BCUT2D eigenvalue weighted by Gasteiger charge is 2.19. The van der Waals surface area contributed by atoms with Crippen LogP contribution in [-0.4, -0.2) is 25.3 Å².